The molecule has 0 saturated heterocycles. The predicted molar refractivity (Wildman–Crippen MR) is 83.7 cm³/mol. The number of pyridine rings is 2. The smallest absolute Gasteiger partial charge is 0.245 e. The highest BCUT2D eigenvalue weighted by molar-refractivity contribution is 6.33. The van der Waals surface area contributed by atoms with E-state index in [1.165, 1.54) is 0 Å². The van der Waals surface area contributed by atoms with Gasteiger partial charge in [0.2, 0.25) is 5.89 Å². The van der Waals surface area contributed by atoms with Crippen molar-refractivity contribution in [3.8, 4) is 11.6 Å². The van der Waals surface area contributed by atoms with Crippen LogP contribution >= 0.6 is 11.6 Å². The molecule has 0 aliphatic carbocycles. The van der Waals surface area contributed by atoms with Gasteiger partial charge in [-0.15, -0.1) is 0 Å². The van der Waals surface area contributed by atoms with Gasteiger partial charge in [0.15, 0.2) is 0 Å². The Morgan fingerprint density at radius 2 is 2.14 bits per heavy atom. The third-order valence-electron chi connectivity index (χ3n) is 3.70. The van der Waals surface area contributed by atoms with Crippen molar-refractivity contribution in [2.45, 2.75) is 13.0 Å². The van der Waals surface area contributed by atoms with Crippen molar-refractivity contribution >= 4 is 17.3 Å². The van der Waals surface area contributed by atoms with Gasteiger partial charge in [0.1, 0.15) is 17.1 Å². The Bertz CT molecular complexity index is 803. The summed E-state index contributed by atoms with van der Waals surface area (Å²) in [5, 5.41) is 0.652. The summed E-state index contributed by atoms with van der Waals surface area (Å²) in [6.45, 7) is 1.52. The van der Waals surface area contributed by atoms with E-state index in [9.17, 15) is 0 Å². The number of hydrogen-bond donors (Lipinski definition) is 0. The summed E-state index contributed by atoms with van der Waals surface area (Å²) in [5.41, 5.74) is 2.68. The first-order valence-corrected chi connectivity index (χ1v) is 7.43. The average molecular weight is 313 g/mol. The quantitative estimate of drug-likeness (QED) is 0.726. The first-order valence-electron chi connectivity index (χ1n) is 7.06. The summed E-state index contributed by atoms with van der Waals surface area (Å²) < 4.78 is 5.86. The van der Waals surface area contributed by atoms with Crippen molar-refractivity contribution in [2.75, 3.05) is 11.4 Å². The van der Waals surface area contributed by atoms with Crippen LogP contribution in [0.3, 0.4) is 0 Å². The number of anilines is 1. The first-order chi connectivity index (χ1) is 10.8. The van der Waals surface area contributed by atoms with E-state index in [-0.39, 0.29) is 0 Å². The van der Waals surface area contributed by atoms with Gasteiger partial charge in [-0.2, -0.15) is 0 Å². The molecule has 0 spiro atoms. The van der Waals surface area contributed by atoms with Crippen LogP contribution in [0.4, 0.5) is 5.69 Å². The highest BCUT2D eigenvalue weighted by atomic mass is 35.5. The SMILES string of the molecule is Clc1cnccc1N1CCc2oc(-c3ccccn3)nc2C1. The Morgan fingerprint density at radius 1 is 1.18 bits per heavy atom. The molecule has 4 heterocycles. The molecule has 6 heteroatoms. The molecule has 0 N–H and O–H groups in total. The zero-order valence-electron chi connectivity index (χ0n) is 11.7. The van der Waals surface area contributed by atoms with Crippen molar-refractivity contribution in [1.29, 1.82) is 0 Å². The molecule has 3 aromatic heterocycles. The third kappa shape index (κ3) is 2.33. The number of halogens is 1. The van der Waals surface area contributed by atoms with Gasteiger partial charge in [0.25, 0.3) is 0 Å². The van der Waals surface area contributed by atoms with Crippen LogP contribution in [0.1, 0.15) is 11.5 Å². The number of aromatic nitrogens is 3. The molecule has 0 atom stereocenters. The molecule has 0 amide bonds. The van der Waals surface area contributed by atoms with Crippen LogP contribution in [-0.2, 0) is 13.0 Å². The van der Waals surface area contributed by atoms with Crippen LogP contribution in [0.5, 0.6) is 0 Å². The molecule has 22 heavy (non-hydrogen) atoms. The van der Waals surface area contributed by atoms with Gasteiger partial charge in [-0.05, 0) is 18.2 Å². The zero-order valence-corrected chi connectivity index (χ0v) is 12.5. The van der Waals surface area contributed by atoms with Crippen molar-refractivity contribution in [1.82, 2.24) is 15.0 Å². The lowest BCUT2D eigenvalue weighted by Gasteiger charge is -2.27. The second-order valence-corrected chi connectivity index (χ2v) is 5.51. The molecular weight excluding hydrogens is 300 g/mol. The minimum Gasteiger partial charge on any atom is -0.439 e. The summed E-state index contributed by atoms with van der Waals surface area (Å²) >= 11 is 6.23. The summed E-state index contributed by atoms with van der Waals surface area (Å²) in [7, 11) is 0. The molecule has 0 unspecified atom stereocenters. The zero-order chi connectivity index (χ0) is 14.9. The molecule has 0 radical (unpaired) electrons. The van der Waals surface area contributed by atoms with E-state index in [0.717, 1.165) is 35.8 Å². The Balaban J connectivity index is 1.64. The largest absolute Gasteiger partial charge is 0.439 e. The maximum Gasteiger partial charge on any atom is 0.245 e. The van der Waals surface area contributed by atoms with E-state index in [2.05, 4.69) is 19.9 Å². The van der Waals surface area contributed by atoms with Crippen LogP contribution in [0, 0.1) is 0 Å². The number of hydrogen-bond acceptors (Lipinski definition) is 5. The summed E-state index contributed by atoms with van der Waals surface area (Å²) in [4.78, 5) is 15.1. The molecule has 5 nitrogen and oxygen atoms in total. The lowest BCUT2D eigenvalue weighted by molar-refractivity contribution is 0.498. The maximum atomic E-state index is 6.23. The van der Waals surface area contributed by atoms with Gasteiger partial charge in [-0.3, -0.25) is 9.97 Å². The normalized spacial score (nSPS) is 14.0. The van der Waals surface area contributed by atoms with Gasteiger partial charge in [0, 0.05) is 31.6 Å². The fourth-order valence-corrected chi connectivity index (χ4v) is 2.87. The first kappa shape index (κ1) is 13.3. The maximum absolute atomic E-state index is 6.23. The molecule has 0 saturated carbocycles. The highest BCUT2D eigenvalue weighted by Crippen LogP contribution is 2.31. The number of fused-ring (bicyclic) bond motifs is 1. The van der Waals surface area contributed by atoms with Crippen LogP contribution in [0.25, 0.3) is 11.6 Å². The van der Waals surface area contributed by atoms with Crippen LogP contribution in [-0.4, -0.2) is 21.5 Å². The van der Waals surface area contributed by atoms with Crippen LogP contribution in [0.2, 0.25) is 5.02 Å². The lowest BCUT2D eigenvalue weighted by atomic mass is 10.1. The average Bonchev–Trinajstić information content (AvgIpc) is 2.99. The minimum atomic E-state index is 0.577. The van der Waals surface area contributed by atoms with Crippen LogP contribution < -0.4 is 4.90 Å². The number of rotatable bonds is 2. The van der Waals surface area contributed by atoms with E-state index in [4.69, 9.17) is 16.0 Å². The summed E-state index contributed by atoms with van der Waals surface area (Å²) in [5.74, 6) is 1.51. The van der Waals surface area contributed by atoms with E-state index in [1.54, 1.807) is 18.6 Å². The second kappa shape index (κ2) is 5.42. The highest BCUT2D eigenvalue weighted by Gasteiger charge is 2.24. The van der Waals surface area contributed by atoms with E-state index in [0.29, 0.717) is 17.5 Å². The van der Waals surface area contributed by atoms with Crippen LogP contribution in [0.15, 0.2) is 47.3 Å². The van der Waals surface area contributed by atoms with E-state index in [1.807, 2.05) is 24.3 Å². The second-order valence-electron chi connectivity index (χ2n) is 5.10. The topological polar surface area (TPSA) is 55.1 Å². The molecule has 4 rings (SSSR count). The fraction of sp³-hybridized carbons (Fsp3) is 0.188. The van der Waals surface area contributed by atoms with Crippen molar-refractivity contribution < 1.29 is 4.42 Å². The van der Waals surface area contributed by atoms with Gasteiger partial charge < -0.3 is 9.32 Å². The molecular formula is C16H13ClN4O. The van der Waals surface area contributed by atoms with E-state index >= 15 is 0 Å². The Hall–Kier alpha value is -2.40. The predicted octanol–water partition coefficient (Wildman–Crippen LogP) is 3.35. The van der Waals surface area contributed by atoms with Crippen molar-refractivity contribution in [2.24, 2.45) is 0 Å². The molecule has 3 aromatic rings. The monoisotopic (exact) mass is 312 g/mol. The molecule has 1 aliphatic rings. The standard InChI is InChI=1S/C16H13ClN4O/c17-11-9-18-7-4-14(11)21-8-5-15-13(10-21)20-16(22-15)12-3-1-2-6-19-12/h1-4,6-7,9H,5,8,10H2. The molecule has 110 valence electrons. The molecule has 0 fully saturated rings. The van der Waals surface area contributed by atoms with Gasteiger partial charge >= 0.3 is 0 Å². The Kier molecular flexibility index (Phi) is 3.27. The fourth-order valence-electron chi connectivity index (χ4n) is 2.63. The van der Waals surface area contributed by atoms with Gasteiger partial charge in [-0.1, -0.05) is 17.7 Å². The van der Waals surface area contributed by atoms with Crippen molar-refractivity contribution in [3.63, 3.8) is 0 Å². The molecule has 0 aromatic carbocycles. The number of oxazole rings is 1. The summed E-state index contributed by atoms with van der Waals surface area (Å²) in [6, 6.07) is 7.62. The number of nitrogens with zero attached hydrogens (tertiary/aromatic N) is 4. The molecule has 0 bridgehead atoms. The van der Waals surface area contributed by atoms with Gasteiger partial charge in [-0.25, -0.2) is 4.98 Å². The van der Waals surface area contributed by atoms with Crippen molar-refractivity contribution in [3.05, 3.63) is 59.3 Å². The Labute approximate surface area is 132 Å². The summed E-state index contributed by atoms with van der Waals surface area (Å²) in [6.07, 6.45) is 5.95. The minimum absolute atomic E-state index is 0.577. The third-order valence-corrected chi connectivity index (χ3v) is 3.99. The van der Waals surface area contributed by atoms with Gasteiger partial charge in [0.05, 0.1) is 17.3 Å². The van der Waals surface area contributed by atoms with E-state index < -0.39 is 0 Å². The lowest BCUT2D eigenvalue weighted by Crippen LogP contribution is -2.30. The Morgan fingerprint density at radius 3 is 2.95 bits per heavy atom. The molecule has 1 aliphatic heterocycles.